The van der Waals surface area contributed by atoms with Crippen molar-refractivity contribution in [1.82, 2.24) is 10.1 Å². The Morgan fingerprint density at radius 1 is 1.23 bits per heavy atom. The lowest BCUT2D eigenvalue weighted by atomic mass is 10.1. The standard InChI is InChI=1S/C9H7IN2O/c10-8-3-1-7(2-4-8)5-9-11-6-13-12-9/h1-4,6H,5H2. The monoisotopic (exact) mass is 286 g/mol. The van der Waals surface area contributed by atoms with E-state index in [9.17, 15) is 0 Å². The van der Waals surface area contributed by atoms with Crippen molar-refractivity contribution in [3.05, 3.63) is 45.6 Å². The molecule has 0 saturated heterocycles. The topological polar surface area (TPSA) is 38.9 Å². The number of rotatable bonds is 2. The van der Waals surface area contributed by atoms with Crippen molar-refractivity contribution in [2.75, 3.05) is 0 Å². The van der Waals surface area contributed by atoms with Crippen molar-refractivity contribution >= 4 is 22.6 Å². The summed E-state index contributed by atoms with van der Waals surface area (Å²) < 4.78 is 5.88. The molecule has 0 aliphatic carbocycles. The summed E-state index contributed by atoms with van der Waals surface area (Å²) in [5.41, 5.74) is 1.20. The molecule has 66 valence electrons. The smallest absolute Gasteiger partial charge is 0.213 e. The highest BCUT2D eigenvalue weighted by Crippen LogP contribution is 2.09. The fourth-order valence-electron chi connectivity index (χ4n) is 1.06. The van der Waals surface area contributed by atoms with Crippen molar-refractivity contribution in [2.24, 2.45) is 0 Å². The molecular formula is C9H7IN2O. The average Bonchev–Trinajstić information content (AvgIpc) is 2.62. The zero-order chi connectivity index (χ0) is 9.10. The van der Waals surface area contributed by atoms with Crippen LogP contribution < -0.4 is 0 Å². The fraction of sp³-hybridized carbons (Fsp3) is 0.111. The minimum Gasteiger partial charge on any atom is -0.343 e. The number of hydrogen-bond donors (Lipinski definition) is 0. The average molecular weight is 286 g/mol. The Labute approximate surface area is 89.3 Å². The Bertz CT molecular complexity index is 369. The molecule has 4 heteroatoms. The summed E-state index contributed by atoms with van der Waals surface area (Å²) in [5, 5.41) is 3.75. The largest absolute Gasteiger partial charge is 0.343 e. The first-order valence-electron chi connectivity index (χ1n) is 3.84. The van der Waals surface area contributed by atoms with Crippen LogP contribution in [0.5, 0.6) is 0 Å². The van der Waals surface area contributed by atoms with E-state index in [-0.39, 0.29) is 0 Å². The number of hydrogen-bond acceptors (Lipinski definition) is 3. The number of nitrogens with zero attached hydrogens (tertiary/aromatic N) is 2. The molecule has 0 aliphatic rings. The Kier molecular flexibility index (Phi) is 2.58. The summed E-state index contributed by atoms with van der Waals surface area (Å²) in [6, 6.07) is 8.27. The van der Waals surface area contributed by atoms with Crippen LogP contribution >= 0.6 is 22.6 Å². The van der Waals surface area contributed by atoms with E-state index >= 15 is 0 Å². The molecule has 0 unspecified atom stereocenters. The summed E-state index contributed by atoms with van der Waals surface area (Å²) in [4.78, 5) is 3.95. The van der Waals surface area contributed by atoms with Crippen molar-refractivity contribution < 1.29 is 4.52 Å². The summed E-state index contributed by atoms with van der Waals surface area (Å²) in [6.07, 6.45) is 2.08. The SMILES string of the molecule is Ic1ccc(Cc2ncon2)cc1. The maximum absolute atomic E-state index is 4.65. The van der Waals surface area contributed by atoms with E-state index in [0.29, 0.717) is 0 Å². The van der Waals surface area contributed by atoms with Crippen molar-refractivity contribution in [1.29, 1.82) is 0 Å². The van der Waals surface area contributed by atoms with Gasteiger partial charge in [-0.3, -0.25) is 0 Å². The molecule has 2 rings (SSSR count). The third-order valence-corrected chi connectivity index (χ3v) is 2.40. The van der Waals surface area contributed by atoms with Crippen LogP contribution in [0.25, 0.3) is 0 Å². The lowest BCUT2D eigenvalue weighted by Crippen LogP contribution is -1.89. The third-order valence-electron chi connectivity index (χ3n) is 1.68. The van der Waals surface area contributed by atoms with E-state index in [1.165, 1.54) is 15.5 Å². The molecule has 0 bridgehead atoms. The van der Waals surface area contributed by atoms with Gasteiger partial charge in [-0.15, -0.1) is 0 Å². The molecule has 1 aromatic carbocycles. The maximum atomic E-state index is 4.65. The molecule has 0 N–H and O–H groups in total. The van der Waals surface area contributed by atoms with Gasteiger partial charge in [0.1, 0.15) is 0 Å². The predicted molar refractivity (Wildman–Crippen MR) is 56.3 cm³/mol. The van der Waals surface area contributed by atoms with Crippen LogP contribution in [0.3, 0.4) is 0 Å². The summed E-state index contributed by atoms with van der Waals surface area (Å²) in [5.74, 6) is 0.723. The van der Waals surface area contributed by atoms with Gasteiger partial charge >= 0.3 is 0 Å². The highest BCUT2D eigenvalue weighted by atomic mass is 127. The molecule has 0 aliphatic heterocycles. The van der Waals surface area contributed by atoms with Crippen LogP contribution in [0.2, 0.25) is 0 Å². The van der Waals surface area contributed by atoms with Gasteiger partial charge in [0.25, 0.3) is 0 Å². The van der Waals surface area contributed by atoms with Crippen LogP contribution in [0.4, 0.5) is 0 Å². The van der Waals surface area contributed by atoms with E-state index in [2.05, 4.69) is 61.5 Å². The first-order valence-corrected chi connectivity index (χ1v) is 4.92. The van der Waals surface area contributed by atoms with Crippen LogP contribution in [0, 0.1) is 3.57 Å². The molecule has 2 aromatic rings. The van der Waals surface area contributed by atoms with E-state index in [0.717, 1.165) is 12.2 Å². The fourth-order valence-corrected chi connectivity index (χ4v) is 1.41. The first kappa shape index (κ1) is 8.68. The molecule has 1 aromatic heterocycles. The molecule has 1 heterocycles. The number of aromatic nitrogens is 2. The van der Waals surface area contributed by atoms with E-state index in [4.69, 9.17) is 0 Å². The summed E-state index contributed by atoms with van der Waals surface area (Å²) in [6.45, 7) is 0. The summed E-state index contributed by atoms with van der Waals surface area (Å²) >= 11 is 2.28. The Hall–Kier alpha value is -0.910. The van der Waals surface area contributed by atoms with Crippen molar-refractivity contribution in [3.8, 4) is 0 Å². The van der Waals surface area contributed by atoms with Gasteiger partial charge in [-0.25, -0.2) is 0 Å². The zero-order valence-electron chi connectivity index (χ0n) is 6.77. The second-order valence-corrected chi connectivity index (χ2v) is 3.90. The van der Waals surface area contributed by atoms with Crippen molar-refractivity contribution in [2.45, 2.75) is 6.42 Å². The molecule has 3 nitrogen and oxygen atoms in total. The van der Waals surface area contributed by atoms with Gasteiger partial charge in [-0.05, 0) is 40.3 Å². The number of halogens is 1. The van der Waals surface area contributed by atoms with Gasteiger partial charge in [0.15, 0.2) is 5.82 Å². The second kappa shape index (κ2) is 3.87. The molecular weight excluding hydrogens is 279 g/mol. The highest BCUT2D eigenvalue weighted by molar-refractivity contribution is 14.1. The van der Waals surface area contributed by atoms with Gasteiger partial charge in [-0.1, -0.05) is 17.3 Å². The van der Waals surface area contributed by atoms with Crippen LogP contribution in [-0.4, -0.2) is 10.1 Å². The molecule has 0 fully saturated rings. The van der Waals surface area contributed by atoms with E-state index in [1.54, 1.807) is 0 Å². The molecule has 0 atom stereocenters. The van der Waals surface area contributed by atoms with Crippen LogP contribution in [0.15, 0.2) is 35.2 Å². The lowest BCUT2D eigenvalue weighted by Gasteiger charge is -1.95. The molecule has 0 spiro atoms. The van der Waals surface area contributed by atoms with Gasteiger partial charge in [0.05, 0.1) is 0 Å². The molecule has 0 saturated carbocycles. The lowest BCUT2D eigenvalue weighted by molar-refractivity contribution is 0.411. The van der Waals surface area contributed by atoms with Gasteiger partial charge in [0.2, 0.25) is 6.39 Å². The molecule has 0 radical (unpaired) electrons. The first-order chi connectivity index (χ1) is 6.34. The quantitative estimate of drug-likeness (QED) is 0.795. The molecule has 13 heavy (non-hydrogen) atoms. The summed E-state index contributed by atoms with van der Waals surface area (Å²) in [7, 11) is 0. The van der Waals surface area contributed by atoms with E-state index in [1.807, 2.05) is 0 Å². The van der Waals surface area contributed by atoms with Crippen molar-refractivity contribution in [3.63, 3.8) is 0 Å². The van der Waals surface area contributed by atoms with Gasteiger partial charge in [-0.2, -0.15) is 4.98 Å². The number of benzene rings is 1. The zero-order valence-corrected chi connectivity index (χ0v) is 8.93. The Morgan fingerprint density at radius 2 is 2.00 bits per heavy atom. The molecule has 0 amide bonds. The predicted octanol–water partition coefficient (Wildman–Crippen LogP) is 2.26. The second-order valence-electron chi connectivity index (χ2n) is 2.65. The maximum Gasteiger partial charge on any atom is 0.213 e. The third kappa shape index (κ3) is 2.27. The Balaban J connectivity index is 2.15. The minimum absolute atomic E-state index is 0.723. The van der Waals surface area contributed by atoms with Gasteiger partial charge in [0, 0.05) is 9.99 Å². The minimum atomic E-state index is 0.723. The Morgan fingerprint density at radius 3 is 2.62 bits per heavy atom. The highest BCUT2D eigenvalue weighted by Gasteiger charge is 1.99. The normalized spacial score (nSPS) is 10.2. The van der Waals surface area contributed by atoms with Gasteiger partial charge < -0.3 is 4.52 Å². The van der Waals surface area contributed by atoms with Crippen LogP contribution in [0.1, 0.15) is 11.4 Å². The van der Waals surface area contributed by atoms with E-state index < -0.39 is 0 Å². The van der Waals surface area contributed by atoms with Crippen LogP contribution in [-0.2, 0) is 6.42 Å².